The molecule has 0 aliphatic rings. The summed E-state index contributed by atoms with van der Waals surface area (Å²) in [6, 6.07) is 10.0. The van der Waals surface area contributed by atoms with Crippen LogP contribution in [0.15, 0.2) is 47.1 Å². The Morgan fingerprint density at radius 1 is 1.39 bits per heavy atom. The van der Waals surface area contributed by atoms with Crippen LogP contribution in [-0.2, 0) is 11.2 Å². The minimum absolute atomic E-state index is 0.178. The Hall–Kier alpha value is -2.36. The summed E-state index contributed by atoms with van der Waals surface area (Å²) in [7, 11) is 1.31. The van der Waals surface area contributed by atoms with Crippen molar-refractivity contribution in [1.29, 1.82) is 0 Å². The first-order chi connectivity index (χ1) is 8.79. The summed E-state index contributed by atoms with van der Waals surface area (Å²) in [6.07, 6.45) is 5.74. The predicted octanol–water partition coefficient (Wildman–Crippen LogP) is 2.72. The van der Waals surface area contributed by atoms with Gasteiger partial charge in [-0.3, -0.25) is 0 Å². The van der Waals surface area contributed by atoms with Crippen LogP contribution in [0.2, 0.25) is 0 Å². The maximum absolute atomic E-state index is 11.2. The molecule has 0 unspecified atom stereocenters. The number of carbonyl (C=O) groups is 1. The fraction of sp³-hybridized carbons (Fsp3) is 0.143. The van der Waals surface area contributed by atoms with Gasteiger partial charge in [-0.1, -0.05) is 36.4 Å². The zero-order valence-corrected chi connectivity index (χ0v) is 10.00. The number of aromatic nitrogens is 1. The summed E-state index contributed by atoms with van der Waals surface area (Å²) in [4.78, 5) is 15.1. The van der Waals surface area contributed by atoms with Crippen LogP contribution < -0.4 is 0 Å². The van der Waals surface area contributed by atoms with Gasteiger partial charge in [-0.15, -0.1) is 0 Å². The van der Waals surface area contributed by atoms with Gasteiger partial charge in [0, 0.05) is 0 Å². The molecule has 1 heterocycles. The van der Waals surface area contributed by atoms with Crippen molar-refractivity contribution in [3.63, 3.8) is 0 Å². The minimum atomic E-state index is -0.499. The first-order valence-electron chi connectivity index (χ1n) is 5.54. The molecule has 0 saturated carbocycles. The van der Waals surface area contributed by atoms with Crippen molar-refractivity contribution >= 4 is 12.0 Å². The van der Waals surface area contributed by atoms with Crippen LogP contribution in [0.5, 0.6) is 0 Å². The van der Waals surface area contributed by atoms with Crippen LogP contribution in [-0.4, -0.2) is 18.1 Å². The molecule has 1 aromatic carbocycles. The Labute approximate surface area is 105 Å². The molecular weight excluding hydrogens is 230 g/mol. The number of hydrogen-bond acceptors (Lipinski definition) is 4. The third-order valence-corrected chi connectivity index (χ3v) is 2.37. The van der Waals surface area contributed by atoms with Crippen LogP contribution >= 0.6 is 0 Å². The highest BCUT2D eigenvalue weighted by Gasteiger charge is 2.10. The standard InChI is InChI=1S/C14H13NO3/c1-17-14(16)12-10-18-13(15-12)9-5-8-11-6-3-2-4-7-11/h2-7,9-10H,8H2,1H3/b9-5-. The maximum Gasteiger partial charge on any atom is 0.360 e. The SMILES string of the molecule is COC(=O)c1coc(/C=C\Cc2ccccc2)n1. The van der Waals surface area contributed by atoms with E-state index in [4.69, 9.17) is 4.42 Å². The normalized spacial score (nSPS) is 10.7. The van der Waals surface area contributed by atoms with E-state index in [-0.39, 0.29) is 5.69 Å². The molecule has 2 rings (SSSR count). The fourth-order valence-corrected chi connectivity index (χ4v) is 1.47. The number of rotatable bonds is 4. The van der Waals surface area contributed by atoms with E-state index in [1.165, 1.54) is 18.9 Å². The number of benzene rings is 1. The summed E-state index contributed by atoms with van der Waals surface area (Å²) in [6.45, 7) is 0. The van der Waals surface area contributed by atoms with Crippen molar-refractivity contribution in [3.05, 3.63) is 59.8 Å². The van der Waals surface area contributed by atoms with Crippen LogP contribution in [0.25, 0.3) is 6.08 Å². The Morgan fingerprint density at radius 3 is 2.89 bits per heavy atom. The third-order valence-electron chi connectivity index (χ3n) is 2.37. The lowest BCUT2D eigenvalue weighted by Gasteiger charge is -1.93. The number of hydrogen-bond donors (Lipinski definition) is 0. The number of allylic oxidation sites excluding steroid dienone is 1. The molecule has 18 heavy (non-hydrogen) atoms. The first-order valence-corrected chi connectivity index (χ1v) is 5.54. The molecule has 0 aliphatic carbocycles. The molecule has 4 nitrogen and oxygen atoms in total. The lowest BCUT2D eigenvalue weighted by molar-refractivity contribution is 0.0594. The lowest BCUT2D eigenvalue weighted by atomic mass is 10.1. The molecule has 92 valence electrons. The van der Waals surface area contributed by atoms with Crippen molar-refractivity contribution < 1.29 is 13.9 Å². The van der Waals surface area contributed by atoms with E-state index < -0.39 is 5.97 Å². The second kappa shape index (κ2) is 5.82. The molecule has 0 atom stereocenters. The third kappa shape index (κ3) is 3.07. The molecular formula is C14H13NO3. The van der Waals surface area contributed by atoms with Gasteiger partial charge in [-0.2, -0.15) is 0 Å². The highest BCUT2D eigenvalue weighted by molar-refractivity contribution is 5.86. The monoisotopic (exact) mass is 243 g/mol. The molecule has 0 N–H and O–H groups in total. The number of ether oxygens (including phenoxy) is 1. The van der Waals surface area contributed by atoms with E-state index in [1.807, 2.05) is 36.4 Å². The zero-order valence-electron chi connectivity index (χ0n) is 10.00. The van der Waals surface area contributed by atoms with Crippen LogP contribution in [0.3, 0.4) is 0 Å². The quantitative estimate of drug-likeness (QED) is 0.775. The summed E-state index contributed by atoms with van der Waals surface area (Å²) in [5, 5.41) is 0. The number of carbonyl (C=O) groups excluding carboxylic acids is 1. The Bertz CT molecular complexity index is 543. The van der Waals surface area contributed by atoms with Gasteiger partial charge in [-0.05, 0) is 18.1 Å². The van der Waals surface area contributed by atoms with E-state index >= 15 is 0 Å². The molecule has 0 radical (unpaired) electrons. The number of nitrogens with zero attached hydrogens (tertiary/aromatic N) is 1. The molecule has 4 heteroatoms. The molecule has 0 saturated heterocycles. The Balaban J connectivity index is 1.97. The van der Waals surface area contributed by atoms with Crippen molar-refractivity contribution in [2.75, 3.05) is 7.11 Å². The van der Waals surface area contributed by atoms with Gasteiger partial charge in [0.05, 0.1) is 7.11 Å². The summed E-state index contributed by atoms with van der Waals surface area (Å²) in [5.74, 6) is -0.104. The molecule has 2 aromatic rings. The molecule has 0 fully saturated rings. The topological polar surface area (TPSA) is 52.3 Å². The Morgan fingerprint density at radius 2 is 2.17 bits per heavy atom. The largest absolute Gasteiger partial charge is 0.464 e. The molecule has 0 spiro atoms. The smallest absolute Gasteiger partial charge is 0.360 e. The van der Waals surface area contributed by atoms with Crippen molar-refractivity contribution in [2.24, 2.45) is 0 Å². The average molecular weight is 243 g/mol. The van der Waals surface area contributed by atoms with Crippen molar-refractivity contribution in [1.82, 2.24) is 4.98 Å². The molecule has 0 bridgehead atoms. The second-order valence-corrected chi connectivity index (χ2v) is 3.65. The van der Waals surface area contributed by atoms with Gasteiger partial charge in [0.15, 0.2) is 5.69 Å². The molecule has 0 amide bonds. The second-order valence-electron chi connectivity index (χ2n) is 3.65. The average Bonchev–Trinajstić information content (AvgIpc) is 2.88. The maximum atomic E-state index is 11.2. The van der Waals surface area contributed by atoms with Crippen LogP contribution in [0.1, 0.15) is 21.9 Å². The van der Waals surface area contributed by atoms with E-state index in [0.29, 0.717) is 5.89 Å². The number of methoxy groups -OCH3 is 1. The number of esters is 1. The first kappa shape index (κ1) is 12.1. The summed E-state index contributed by atoms with van der Waals surface area (Å²) in [5.41, 5.74) is 1.38. The van der Waals surface area contributed by atoms with Gasteiger partial charge in [0.25, 0.3) is 0 Å². The number of oxazole rings is 1. The van der Waals surface area contributed by atoms with Crippen molar-refractivity contribution in [3.8, 4) is 0 Å². The van der Waals surface area contributed by atoms with Gasteiger partial charge >= 0.3 is 5.97 Å². The minimum Gasteiger partial charge on any atom is -0.464 e. The fourth-order valence-electron chi connectivity index (χ4n) is 1.47. The highest BCUT2D eigenvalue weighted by atomic mass is 16.5. The summed E-state index contributed by atoms with van der Waals surface area (Å²) >= 11 is 0. The highest BCUT2D eigenvalue weighted by Crippen LogP contribution is 2.07. The Kier molecular flexibility index (Phi) is 3.91. The van der Waals surface area contributed by atoms with Gasteiger partial charge in [0.1, 0.15) is 6.26 Å². The van der Waals surface area contributed by atoms with Gasteiger partial charge in [0.2, 0.25) is 5.89 Å². The van der Waals surface area contributed by atoms with Crippen LogP contribution in [0, 0.1) is 0 Å². The van der Waals surface area contributed by atoms with Crippen molar-refractivity contribution in [2.45, 2.75) is 6.42 Å². The van der Waals surface area contributed by atoms with Gasteiger partial charge < -0.3 is 9.15 Å². The molecule has 1 aromatic heterocycles. The predicted molar refractivity (Wildman–Crippen MR) is 67.0 cm³/mol. The van der Waals surface area contributed by atoms with E-state index in [0.717, 1.165) is 6.42 Å². The summed E-state index contributed by atoms with van der Waals surface area (Å²) < 4.78 is 9.66. The zero-order chi connectivity index (χ0) is 12.8. The molecule has 0 aliphatic heterocycles. The van der Waals surface area contributed by atoms with E-state index in [1.54, 1.807) is 6.08 Å². The van der Waals surface area contributed by atoms with E-state index in [2.05, 4.69) is 9.72 Å². The lowest BCUT2D eigenvalue weighted by Crippen LogP contribution is -2.00. The van der Waals surface area contributed by atoms with E-state index in [9.17, 15) is 4.79 Å². The van der Waals surface area contributed by atoms with Gasteiger partial charge in [-0.25, -0.2) is 9.78 Å². The van der Waals surface area contributed by atoms with Crippen LogP contribution in [0.4, 0.5) is 0 Å².